The first-order chi connectivity index (χ1) is 6.83. The standard InChI is InChI=1S/C9H18N2O3/c12-5-7-14-6-1-4-10-9(13)11-8-2-3-8/h8,12H,1-7H2,(H2,10,11,13). The van der Waals surface area contributed by atoms with Gasteiger partial charge in [0, 0.05) is 19.2 Å². The zero-order valence-electron chi connectivity index (χ0n) is 8.29. The maximum atomic E-state index is 11.1. The van der Waals surface area contributed by atoms with E-state index in [4.69, 9.17) is 9.84 Å². The molecule has 0 saturated heterocycles. The van der Waals surface area contributed by atoms with E-state index in [1.165, 1.54) is 0 Å². The summed E-state index contributed by atoms with van der Waals surface area (Å²) in [6.45, 7) is 1.61. The van der Waals surface area contributed by atoms with Gasteiger partial charge in [0.1, 0.15) is 0 Å². The van der Waals surface area contributed by atoms with Gasteiger partial charge in [0.2, 0.25) is 0 Å². The van der Waals surface area contributed by atoms with Gasteiger partial charge in [0.15, 0.2) is 0 Å². The summed E-state index contributed by atoms with van der Waals surface area (Å²) in [6.07, 6.45) is 2.98. The van der Waals surface area contributed by atoms with E-state index in [2.05, 4.69) is 10.6 Å². The first-order valence-electron chi connectivity index (χ1n) is 5.06. The van der Waals surface area contributed by atoms with Crippen molar-refractivity contribution >= 4 is 6.03 Å². The van der Waals surface area contributed by atoms with Crippen LogP contribution in [0.15, 0.2) is 0 Å². The molecule has 1 aliphatic rings. The molecule has 5 nitrogen and oxygen atoms in total. The number of ether oxygens (including phenoxy) is 1. The molecule has 0 atom stereocenters. The van der Waals surface area contributed by atoms with E-state index in [1.54, 1.807) is 0 Å². The second-order valence-electron chi connectivity index (χ2n) is 3.36. The predicted molar refractivity (Wildman–Crippen MR) is 52.1 cm³/mol. The molecule has 0 bridgehead atoms. The zero-order valence-corrected chi connectivity index (χ0v) is 8.29. The molecule has 5 heteroatoms. The molecule has 82 valence electrons. The molecule has 0 aromatic heterocycles. The van der Waals surface area contributed by atoms with Crippen molar-refractivity contribution in [3.63, 3.8) is 0 Å². The molecule has 0 aliphatic heterocycles. The van der Waals surface area contributed by atoms with Crippen molar-refractivity contribution in [2.45, 2.75) is 25.3 Å². The summed E-state index contributed by atoms with van der Waals surface area (Å²) in [5.41, 5.74) is 0. The van der Waals surface area contributed by atoms with E-state index in [0.717, 1.165) is 19.3 Å². The summed E-state index contributed by atoms with van der Waals surface area (Å²) in [6, 6.07) is 0.315. The van der Waals surface area contributed by atoms with Crippen LogP contribution >= 0.6 is 0 Å². The monoisotopic (exact) mass is 202 g/mol. The Balaban J connectivity index is 1.80. The molecule has 0 unspecified atom stereocenters. The second-order valence-corrected chi connectivity index (χ2v) is 3.36. The number of amides is 2. The van der Waals surface area contributed by atoms with Gasteiger partial charge in [-0.2, -0.15) is 0 Å². The number of nitrogens with one attached hydrogen (secondary N) is 2. The average Bonchev–Trinajstić information content (AvgIpc) is 2.95. The van der Waals surface area contributed by atoms with Gasteiger partial charge in [-0.05, 0) is 19.3 Å². The number of hydrogen-bond acceptors (Lipinski definition) is 3. The fourth-order valence-electron chi connectivity index (χ4n) is 1.01. The minimum absolute atomic E-state index is 0.0512. The number of rotatable bonds is 7. The van der Waals surface area contributed by atoms with Gasteiger partial charge in [-0.3, -0.25) is 0 Å². The Morgan fingerprint density at radius 1 is 1.43 bits per heavy atom. The summed E-state index contributed by atoms with van der Waals surface area (Å²) >= 11 is 0. The molecule has 0 aromatic rings. The minimum Gasteiger partial charge on any atom is -0.394 e. The van der Waals surface area contributed by atoms with Gasteiger partial charge in [0.05, 0.1) is 13.2 Å². The normalized spacial score (nSPS) is 15.2. The first kappa shape index (κ1) is 11.3. The van der Waals surface area contributed by atoms with Crippen molar-refractivity contribution in [3.8, 4) is 0 Å². The van der Waals surface area contributed by atoms with Crippen LogP contribution in [-0.2, 0) is 4.74 Å². The molecule has 1 saturated carbocycles. The number of carbonyl (C=O) groups excluding carboxylic acids is 1. The van der Waals surface area contributed by atoms with Crippen LogP contribution in [0.1, 0.15) is 19.3 Å². The largest absolute Gasteiger partial charge is 0.394 e. The summed E-state index contributed by atoms with van der Waals surface area (Å²) in [4.78, 5) is 11.1. The fraction of sp³-hybridized carbons (Fsp3) is 0.889. The Kier molecular flexibility index (Phi) is 5.32. The summed E-state index contributed by atoms with van der Waals surface area (Å²) in [7, 11) is 0. The number of aliphatic hydroxyl groups is 1. The van der Waals surface area contributed by atoms with E-state index in [1.807, 2.05) is 0 Å². The first-order valence-corrected chi connectivity index (χ1v) is 5.06. The van der Waals surface area contributed by atoms with Crippen LogP contribution < -0.4 is 10.6 Å². The maximum Gasteiger partial charge on any atom is 0.315 e. The van der Waals surface area contributed by atoms with Gasteiger partial charge in [-0.25, -0.2) is 4.79 Å². The highest BCUT2D eigenvalue weighted by molar-refractivity contribution is 5.74. The van der Waals surface area contributed by atoms with E-state index in [-0.39, 0.29) is 12.6 Å². The van der Waals surface area contributed by atoms with E-state index >= 15 is 0 Å². The van der Waals surface area contributed by atoms with Gasteiger partial charge in [-0.15, -0.1) is 0 Å². The van der Waals surface area contributed by atoms with Crippen molar-refractivity contribution in [2.75, 3.05) is 26.4 Å². The van der Waals surface area contributed by atoms with Crippen molar-refractivity contribution in [3.05, 3.63) is 0 Å². The molecule has 14 heavy (non-hydrogen) atoms. The molecule has 0 spiro atoms. The number of urea groups is 1. The highest BCUT2D eigenvalue weighted by Gasteiger charge is 2.22. The highest BCUT2D eigenvalue weighted by atomic mass is 16.5. The smallest absolute Gasteiger partial charge is 0.315 e. The Labute approximate surface area is 83.8 Å². The van der Waals surface area contributed by atoms with Crippen molar-refractivity contribution in [1.82, 2.24) is 10.6 Å². The lowest BCUT2D eigenvalue weighted by atomic mass is 10.4. The third-order valence-electron chi connectivity index (χ3n) is 1.90. The maximum absolute atomic E-state index is 11.1. The van der Waals surface area contributed by atoms with Crippen molar-refractivity contribution < 1.29 is 14.6 Å². The van der Waals surface area contributed by atoms with Crippen molar-refractivity contribution in [1.29, 1.82) is 0 Å². The number of hydrogen-bond donors (Lipinski definition) is 3. The van der Waals surface area contributed by atoms with Crippen LogP contribution in [0.5, 0.6) is 0 Å². The lowest BCUT2D eigenvalue weighted by Gasteiger charge is -2.06. The van der Waals surface area contributed by atoms with Crippen LogP contribution in [0.2, 0.25) is 0 Å². The predicted octanol–water partition coefficient (Wildman–Crippen LogP) is -0.153. The summed E-state index contributed by atoms with van der Waals surface area (Å²) in [5.74, 6) is 0. The van der Waals surface area contributed by atoms with Crippen LogP contribution in [0.4, 0.5) is 4.79 Å². The van der Waals surface area contributed by atoms with Crippen LogP contribution in [-0.4, -0.2) is 43.5 Å². The van der Waals surface area contributed by atoms with Gasteiger partial charge in [-0.1, -0.05) is 0 Å². The second kappa shape index (κ2) is 6.62. The van der Waals surface area contributed by atoms with Crippen LogP contribution in [0.3, 0.4) is 0 Å². The van der Waals surface area contributed by atoms with E-state index < -0.39 is 0 Å². The Hall–Kier alpha value is -0.810. The van der Waals surface area contributed by atoms with Gasteiger partial charge in [0.25, 0.3) is 0 Å². The Morgan fingerprint density at radius 3 is 2.86 bits per heavy atom. The molecular weight excluding hydrogens is 184 g/mol. The molecule has 1 aliphatic carbocycles. The third-order valence-corrected chi connectivity index (χ3v) is 1.90. The Bertz CT molecular complexity index is 171. The molecule has 1 rings (SSSR count). The van der Waals surface area contributed by atoms with Gasteiger partial charge >= 0.3 is 6.03 Å². The molecule has 0 aromatic carbocycles. The quantitative estimate of drug-likeness (QED) is 0.503. The topological polar surface area (TPSA) is 70.6 Å². The van der Waals surface area contributed by atoms with Crippen molar-refractivity contribution in [2.24, 2.45) is 0 Å². The highest BCUT2D eigenvalue weighted by Crippen LogP contribution is 2.18. The summed E-state index contributed by atoms with van der Waals surface area (Å²) < 4.78 is 5.04. The van der Waals surface area contributed by atoms with E-state index in [0.29, 0.717) is 25.8 Å². The van der Waals surface area contributed by atoms with Crippen LogP contribution in [0, 0.1) is 0 Å². The SMILES string of the molecule is O=C(NCCCOCCO)NC1CC1. The minimum atomic E-state index is -0.0883. The number of aliphatic hydroxyl groups excluding tert-OH is 1. The van der Waals surface area contributed by atoms with Gasteiger partial charge < -0.3 is 20.5 Å². The Morgan fingerprint density at radius 2 is 2.21 bits per heavy atom. The molecule has 1 fully saturated rings. The van der Waals surface area contributed by atoms with E-state index in [9.17, 15) is 4.79 Å². The number of carbonyl (C=O) groups is 1. The molecular formula is C9H18N2O3. The molecule has 2 amide bonds. The molecule has 0 heterocycles. The fourth-order valence-corrected chi connectivity index (χ4v) is 1.01. The lowest BCUT2D eigenvalue weighted by molar-refractivity contribution is 0.0910. The summed E-state index contributed by atoms with van der Waals surface area (Å²) in [5, 5.41) is 14.0. The lowest BCUT2D eigenvalue weighted by Crippen LogP contribution is -2.37. The zero-order chi connectivity index (χ0) is 10.2. The third kappa shape index (κ3) is 5.77. The molecule has 3 N–H and O–H groups in total. The van der Waals surface area contributed by atoms with Crippen LogP contribution in [0.25, 0.3) is 0 Å². The molecule has 0 radical (unpaired) electrons. The average molecular weight is 202 g/mol.